The van der Waals surface area contributed by atoms with Crippen molar-refractivity contribution in [2.45, 2.75) is 25.0 Å². The highest BCUT2D eigenvalue weighted by atomic mass is 16.5. The van der Waals surface area contributed by atoms with Gasteiger partial charge in [-0.3, -0.25) is 5.10 Å². The van der Waals surface area contributed by atoms with E-state index in [0.29, 0.717) is 6.54 Å². The molecule has 0 bridgehead atoms. The number of rotatable bonds is 2. The summed E-state index contributed by atoms with van der Waals surface area (Å²) in [6.45, 7) is 3.24. The van der Waals surface area contributed by atoms with Gasteiger partial charge in [0.25, 0.3) is 0 Å². The normalized spacial score (nSPS) is 31.9. The summed E-state index contributed by atoms with van der Waals surface area (Å²) in [6, 6.07) is 1.91. The summed E-state index contributed by atoms with van der Waals surface area (Å²) in [5.74, 6) is 0.949. The number of hydrogen-bond acceptors (Lipinski definition) is 4. The number of β-amino-alcohol motifs (C(OH)–C–C–N with tert-alkyl or cyclic N) is 1. The predicted molar refractivity (Wildman–Crippen MR) is 56.8 cm³/mol. The first-order valence-corrected chi connectivity index (χ1v) is 5.13. The van der Waals surface area contributed by atoms with E-state index in [4.69, 9.17) is 4.74 Å². The smallest absolute Gasteiger partial charge is 0.124 e. The number of piperidine rings is 1. The van der Waals surface area contributed by atoms with Crippen LogP contribution in [0.1, 0.15) is 13.3 Å². The zero-order valence-corrected chi connectivity index (χ0v) is 9.10. The maximum absolute atomic E-state index is 10.2. The molecule has 2 unspecified atom stereocenters. The van der Waals surface area contributed by atoms with Gasteiger partial charge in [-0.25, -0.2) is 0 Å². The topological polar surface area (TPSA) is 61.4 Å². The van der Waals surface area contributed by atoms with Crippen molar-refractivity contribution >= 4 is 5.82 Å². The molecule has 1 aromatic rings. The lowest BCUT2D eigenvalue weighted by Gasteiger charge is -2.42. The summed E-state index contributed by atoms with van der Waals surface area (Å²) in [4.78, 5) is 2.09. The first kappa shape index (κ1) is 10.4. The number of H-pyrrole nitrogens is 1. The number of nitrogens with zero attached hydrogens (tertiary/aromatic N) is 2. The van der Waals surface area contributed by atoms with Crippen LogP contribution in [0.15, 0.2) is 12.3 Å². The molecule has 5 heteroatoms. The molecule has 2 heterocycles. The van der Waals surface area contributed by atoms with E-state index in [1.54, 1.807) is 13.3 Å². The number of nitrogens with one attached hydrogen (secondary N) is 1. The molecule has 0 amide bonds. The number of anilines is 1. The Morgan fingerprint density at radius 3 is 3.07 bits per heavy atom. The molecule has 1 aromatic heterocycles. The van der Waals surface area contributed by atoms with Crippen molar-refractivity contribution in [1.82, 2.24) is 10.2 Å². The van der Waals surface area contributed by atoms with E-state index in [-0.39, 0.29) is 6.10 Å². The number of methoxy groups -OCH3 is 1. The highest BCUT2D eigenvalue weighted by Gasteiger charge is 2.38. The van der Waals surface area contributed by atoms with Crippen molar-refractivity contribution in [3.63, 3.8) is 0 Å². The van der Waals surface area contributed by atoms with E-state index in [0.717, 1.165) is 18.8 Å². The molecule has 0 aliphatic carbocycles. The molecule has 0 radical (unpaired) electrons. The first-order chi connectivity index (χ1) is 7.13. The predicted octanol–water partition coefficient (Wildman–Crippen LogP) is 0.386. The molecule has 84 valence electrons. The Hall–Kier alpha value is -1.07. The molecule has 1 fully saturated rings. The fourth-order valence-electron chi connectivity index (χ4n) is 2.15. The molecule has 2 rings (SSSR count). The van der Waals surface area contributed by atoms with Gasteiger partial charge in [-0.2, -0.15) is 5.10 Å². The number of hydrogen-bond donors (Lipinski definition) is 2. The molecular weight excluding hydrogens is 194 g/mol. The lowest BCUT2D eigenvalue weighted by atomic mass is 9.91. The van der Waals surface area contributed by atoms with Gasteiger partial charge in [-0.1, -0.05) is 0 Å². The number of aromatic amines is 1. The van der Waals surface area contributed by atoms with Crippen LogP contribution in [0.2, 0.25) is 0 Å². The Balaban J connectivity index is 2.09. The molecule has 0 aromatic carbocycles. The zero-order valence-electron chi connectivity index (χ0n) is 9.10. The molecule has 2 atom stereocenters. The van der Waals surface area contributed by atoms with Gasteiger partial charge in [0.1, 0.15) is 11.4 Å². The van der Waals surface area contributed by atoms with Crippen LogP contribution in [0.3, 0.4) is 0 Å². The maximum atomic E-state index is 10.2. The molecule has 15 heavy (non-hydrogen) atoms. The Bertz CT molecular complexity index is 310. The van der Waals surface area contributed by atoms with Gasteiger partial charge in [-0.15, -0.1) is 0 Å². The second kappa shape index (κ2) is 3.83. The van der Waals surface area contributed by atoms with Crippen LogP contribution in [-0.4, -0.2) is 47.2 Å². The molecule has 1 aliphatic rings. The van der Waals surface area contributed by atoms with Crippen LogP contribution in [0.25, 0.3) is 0 Å². The fourth-order valence-corrected chi connectivity index (χ4v) is 2.15. The third-order valence-electron chi connectivity index (χ3n) is 2.98. The summed E-state index contributed by atoms with van der Waals surface area (Å²) in [5.41, 5.74) is -0.807. The van der Waals surface area contributed by atoms with Crippen LogP contribution in [0.5, 0.6) is 0 Å². The van der Waals surface area contributed by atoms with Crippen molar-refractivity contribution in [3.8, 4) is 0 Å². The van der Waals surface area contributed by atoms with Gasteiger partial charge < -0.3 is 14.7 Å². The first-order valence-electron chi connectivity index (χ1n) is 5.13. The lowest BCUT2D eigenvalue weighted by Crippen LogP contribution is -2.56. The van der Waals surface area contributed by atoms with Crippen LogP contribution in [-0.2, 0) is 4.74 Å². The molecular formula is C10H17N3O2. The van der Waals surface area contributed by atoms with Gasteiger partial charge in [-0.05, 0) is 13.3 Å². The van der Waals surface area contributed by atoms with Crippen molar-refractivity contribution in [1.29, 1.82) is 0 Å². The Morgan fingerprint density at radius 2 is 2.53 bits per heavy atom. The summed E-state index contributed by atoms with van der Waals surface area (Å²) < 4.78 is 5.27. The summed E-state index contributed by atoms with van der Waals surface area (Å²) >= 11 is 0. The maximum Gasteiger partial charge on any atom is 0.124 e. The van der Waals surface area contributed by atoms with Crippen molar-refractivity contribution in [2.24, 2.45) is 0 Å². The third-order valence-corrected chi connectivity index (χ3v) is 2.98. The van der Waals surface area contributed by atoms with E-state index in [1.807, 2.05) is 13.0 Å². The SMILES string of the molecule is COC1CCN(c2ccn[nH]2)CC1(C)O. The second-order valence-corrected chi connectivity index (χ2v) is 4.23. The summed E-state index contributed by atoms with van der Waals surface area (Å²) in [7, 11) is 1.64. The van der Waals surface area contributed by atoms with Crippen molar-refractivity contribution in [3.05, 3.63) is 12.3 Å². The Morgan fingerprint density at radius 1 is 1.73 bits per heavy atom. The van der Waals surface area contributed by atoms with E-state index >= 15 is 0 Å². The summed E-state index contributed by atoms with van der Waals surface area (Å²) in [5, 5.41) is 17.0. The van der Waals surface area contributed by atoms with E-state index in [9.17, 15) is 5.11 Å². The van der Waals surface area contributed by atoms with Gasteiger partial charge in [0.2, 0.25) is 0 Å². The monoisotopic (exact) mass is 211 g/mol. The quantitative estimate of drug-likeness (QED) is 0.742. The third kappa shape index (κ3) is 1.98. The van der Waals surface area contributed by atoms with Crippen LogP contribution < -0.4 is 4.90 Å². The Labute approximate surface area is 89.0 Å². The molecule has 0 spiro atoms. The molecule has 5 nitrogen and oxygen atoms in total. The molecule has 2 N–H and O–H groups in total. The van der Waals surface area contributed by atoms with Crippen LogP contribution >= 0.6 is 0 Å². The Kier molecular flexibility index (Phi) is 2.67. The molecule has 0 saturated carbocycles. The number of aliphatic hydroxyl groups is 1. The van der Waals surface area contributed by atoms with Gasteiger partial charge in [0, 0.05) is 19.7 Å². The zero-order chi connectivity index (χ0) is 10.9. The average Bonchev–Trinajstić information content (AvgIpc) is 2.69. The minimum absolute atomic E-state index is 0.0864. The minimum atomic E-state index is -0.807. The standard InChI is InChI=1S/C10H17N3O2/c1-10(14)7-13(6-4-8(10)15-2)9-3-5-11-12-9/h3,5,8,14H,4,6-7H2,1-2H3,(H,11,12). The van der Waals surface area contributed by atoms with Gasteiger partial charge >= 0.3 is 0 Å². The van der Waals surface area contributed by atoms with Crippen LogP contribution in [0, 0.1) is 0 Å². The van der Waals surface area contributed by atoms with Crippen molar-refractivity contribution < 1.29 is 9.84 Å². The van der Waals surface area contributed by atoms with Crippen molar-refractivity contribution in [2.75, 3.05) is 25.1 Å². The lowest BCUT2D eigenvalue weighted by molar-refractivity contribution is -0.0891. The summed E-state index contributed by atoms with van der Waals surface area (Å²) in [6.07, 6.45) is 2.45. The average molecular weight is 211 g/mol. The van der Waals surface area contributed by atoms with Crippen LogP contribution in [0.4, 0.5) is 5.82 Å². The molecule has 1 aliphatic heterocycles. The number of ether oxygens (including phenoxy) is 1. The van der Waals surface area contributed by atoms with E-state index in [1.165, 1.54) is 0 Å². The molecule has 1 saturated heterocycles. The van der Waals surface area contributed by atoms with Gasteiger partial charge in [0.05, 0.1) is 18.8 Å². The fraction of sp³-hybridized carbons (Fsp3) is 0.700. The van der Waals surface area contributed by atoms with E-state index < -0.39 is 5.60 Å². The van der Waals surface area contributed by atoms with E-state index in [2.05, 4.69) is 15.1 Å². The minimum Gasteiger partial charge on any atom is -0.386 e. The largest absolute Gasteiger partial charge is 0.386 e. The number of aromatic nitrogens is 2. The highest BCUT2D eigenvalue weighted by molar-refractivity contribution is 5.38. The van der Waals surface area contributed by atoms with Gasteiger partial charge in [0.15, 0.2) is 0 Å². The highest BCUT2D eigenvalue weighted by Crippen LogP contribution is 2.26. The second-order valence-electron chi connectivity index (χ2n) is 4.23.